The summed E-state index contributed by atoms with van der Waals surface area (Å²) in [5, 5.41) is 0. The quantitative estimate of drug-likeness (QED) is 0.424. The summed E-state index contributed by atoms with van der Waals surface area (Å²) in [6.45, 7) is 9.62. The number of allylic oxidation sites excluding steroid dienone is 1. The molecule has 0 saturated heterocycles. The van der Waals surface area contributed by atoms with Gasteiger partial charge in [-0.1, -0.05) is 50.3 Å². The molecule has 164 valence electrons. The highest BCUT2D eigenvalue weighted by molar-refractivity contribution is 5.83. The maximum absolute atomic E-state index is 12.7. The molecule has 0 amide bonds. The largest absolute Gasteiger partial charge is 0.461 e. The fourth-order valence-electron chi connectivity index (χ4n) is 3.57. The van der Waals surface area contributed by atoms with Gasteiger partial charge in [0.1, 0.15) is 23.7 Å². The number of carbonyl (C=O) groups is 2. The molecule has 0 bridgehead atoms. The van der Waals surface area contributed by atoms with Crippen molar-refractivity contribution < 1.29 is 23.8 Å². The molecule has 1 fully saturated rings. The van der Waals surface area contributed by atoms with Gasteiger partial charge >= 0.3 is 11.9 Å². The van der Waals surface area contributed by atoms with Crippen molar-refractivity contribution in [3.63, 3.8) is 0 Å². The van der Waals surface area contributed by atoms with E-state index in [-0.39, 0.29) is 29.8 Å². The third kappa shape index (κ3) is 6.20. The first-order valence-corrected chi connectivity index (χ1v) is 10.5. The Kier molecular flexibility index (Phi) is 6.54. The van der Waals surface area contributed by atoms with Crippen LogP contribution in [-0.4, -0.2) is 17.5 Å². The first-order chi connectivity index (χ1) is 14.6. The number of benzene rings is 2. The summed E-state index contributed by atoms with van der Waals surface area (Å²) in [6, 6.07) is 17.0. The number of hydrogen-bond acceptors (Lipinski definition) is 5. The second-order valence-corrected chi connectivity index (χ2v) is 9.39. The molecule has 0 aromatic heterocycles. The highest BCUT2D eigenvalue weighted by atomic mass is 16.6. The summed E-state index contributed by atoms with van der Waals surface area (Å²) in [7, 11) is 0. The molecule has 0 unspecified atom stereocenters. The average molecular weight is 423 g/mol. The van der Waals surface area contributed by atoms with Crippen molar-refractivity contribution in [2.24, 2.45) is 17.3 Å². The van der Waals surface area contributed by atoms with Crippen molar-refractivity contribution in [3.05, 3.63) is 72.3 Å². The Morgan fingerprint density at radius 1 is 1.00 bits per heavy atom. The fraction of sp³-hybridized carbons (Fsp3) is 0.385. The van der Waals surface area contributed by atoms with Gasteiger partial charge in [-0.2, -0.15) is 0 Å². The van der Waals surface area contributed by atoms with Crippen molar-refractivity contribution in [2.75, 3.05) is 0 Å². The zero-order chi connectivity index (χ0) is 22.6. The molecule has 2 atom stereocenters. The Morgan fingerprint density at radius 2 is 1.68 bits per heavy atom. The van der Waals surface area contributed by atoms with Crippen LogP contribution in [0, 0.1) is 17.3 Å². The van der Waals surface area contributed by atoms with E-state index in [2.05, 4.69) is 0 Å². The van der Waals surface area contributed by atoms with Gasteiger partial charge < -0.3 is 14.2 Å². The molecule has 3 rings (SSSR count). The van der Waals surface area contributed by atoms with Crippen LogP contribution in [-0.2, 0) is 25.7 Å². The molecule has 0 heterocycles. The van der Waals surface area contributed by atoms with Crippen LogP contribution in [0.3, 0.4) is 0 Å². The van der Waals surface area contributed by atoms with E-state index in [1.54, 1.807) is 6.08 Å². The lowest BCUT2D eigenvalue weighted by atomic mass is 10.1. The van der Waals surface area contributed by atoms with Crippen LogP contribution >= 0.6 is 0 Å². The Bertz CT molecular complexity index is 953. The van der Waals surface area contributed by atoms with Crippen LogP contribution in [0.5, 0.6) is 11.5 Å². The molecule has 0 aliphatic heterocycles. The lowest BCUT2D eigenvalue weighted by Crippen LogP contribution is -2.22. The van der Waals surface area contributed by atoms with E-state index < -0.39 is 11.6 Å². The minimum atomic E-state index is -0.544. The first-order valence-electron chi connectivity index (χ1n) is 10.5. The van der Waals surface area contributed by atoms with Crippen molar-refractivity contribution in [1.29, 1.82) is 0 Å². The van der Waals surface area contributed by atoms with Crippen LogP contribution in [0.25, 0.3) is 0 Å². The Labute approximate surface area is 184 Å². The minimum absolute atomic E-state index is 0.0553. The maximum Gasteiger partial charge on any atom is 0.330 e. The number of para-hydroxylation sites is 1. The summed E-state index contributed by atoms with van der Waals surface area (Å²) < 4.78 is 16.7. The zero-order valence-corrected chi connectivity index (χ0v) is 18.8. The molecule has 0 spiro atoms. The SMILES string of the molecule is CC(C)(C)OC(=O)C=C[C@H]1[C@@H](C(=O)OCc2cccc(Oc3ccccc3)c2)C1(C)C. The molecule has 0 radical (unpaired) electrons. The standard InChI is InChI=1S/C26H30O5/c1-25(2,3)31-22(27)15-14-21-23(26(21,4)5)24(28)29-17-18-10-9-13-20(16-18)30-19-11-7-6-8-12-19/h6-16,21,23H,17H2,1-5H3/t21-,23-/m0/s1. The summed E-state index contributed by atoms with van der Waals surface area (Å²) in [6.07, 6.45) is 3.17. The van der Waals surface area contributed by atoms with Gasteiger partial charge in [0.05, 0.1) is 5.92 Å². The lowest BCUT2D eigenvalue weighted by molar-refractivity contribution is -0.149. The van der Waals surface area contributed by atoms with Gasteiger partial charge in [0, 0.05) is 6.08 Å². The van der Waals surface area contributed by atoms with E-state index in [0.717, 1.165) is 11.3 Å². The molecular weight excluding hydrogens is 392 g/mol. The van der Waals surface area contributed by atoms with Gasteiger partial charge in [0.25, 0.3) is 0 Å². The second-order valence-electron chi connectivity index (χ2n) is 9.39. The first kappa shape index (κ1) is 22.6. The molecule has 2 aromatic carbocycles. The third-order valence-electron chi connectivity index (χ3n) is 5.27. The lowest BCUT2D eigenvalue weighted by Gasteiger charge is -2.17. The fourth-order valence-corrected chi connectivity index (χ4v) is 3.57. The minimum Gasteiger partial charge on any atom is -0.461 e. The van der Waals surface area contributed by atoms with E-state index in [9.17, 15) is 9.59 Å². The molecule has 1 saturated carbocycles. The summed E-state index contributed by atoms with van der Waals surface area (Å²) in [5.41, 5.74) is 0.0481. The number of ether oxygens (including phenoxy) is 3. The van der Waals surface area contributed by atoms with Crippen molar-refractivity contribution in [2.45, 2.75) is 46.8 Å². The van der Waals surface area contributed by atoms with E-state index in [1.165, 1.54) is 6.08 Å². The smallest absolute Gasteiger partial charge is 0.330 e. The van der Waals surface area contributed by atoms with Crippen LogP contribution in [0.2, 0.25) is 0 Å². The van der Waals surface area contributed by atoms with Crippen LogP contribution in [0.4, 0.5) is 0 Å². The number of hydrogen-bond donors (Lipinski definition) is 0. The van der Waals surface area contributed by atoms with Gasteiger partial charge in [0.2, 0.25) is 0 Å². The molecule has 5 heteroatoms. The Morgan fingerprint density at radius 3 is 2.35 bits per heavy atom. The van der Waals surface area contributed by atoms with Crippen LogP contribution in [0.1, 0.15) is 40.2 Å². The van der Waals surface area contributed by atoms with Gasteiger partial charge in [-0.3, -0.25) is 4.79 Å². The highest BCUT2D eigenvalue weighted by Crippen LogP contribution is 2.59. The van der Waals surface area contributed by atoms with Gasteiger partial charge in [0.15, 0.2) is 0 Å². The summed E-state index contributed by atoms with van der Waals surface area (Å²) >= 11 is 0. The van der Waals surface area contributed by atoms with Crippen molar-refractivity contribution >= 4 is 11.9 Å². The normalized spacial score (nSPS) is 19.6. The van der Waals surface area contributed by atoms with E-state index in [1.807, 2.05) is 89.2 Å². The molecule has 1 aliphatic carbocycles. The molecule has 5 nitrogen and oxygen atoms in total. The molecule has 31 heavy (non-hydrogen) atoms. The predicted molar refractivity (Wildman–Crippen MR) is 119 cm³/mol. The number of rotatable bonds is 7. The number of esters is 2. The van der Waals surface area contributed by atoms with Gasteiger partial charge in [-0.15, -0.1) is 0 Å². The summed E-state index contributed by atoms with van der Waals surface area (Å²) in [4.78, 5) is 24.6. The van der Waals surface area contributed by atoms with E-state index in [4.69, 9.17) is 14.2 Å². The molecule has 2 aromatic rings. The molecular formula is C26H30O5. The van der Waals surface area contributed by atoms with Crippen LogP contribution < -0.4 is 4.74 Å². The zero-order valence-electron chi connectivity index (χ0n) is 18.8. The topological polar surface area (TPSA) is 61.8 Å². The Hall–Kier alpha value is -3.08. The molecule has 1 aliphatic rings. The monoisotopic (exact) mass is 422 g/mol. The van der Waals surface area contributed by atoms with E-state index in [0.29, 0.717) is 5.75 Å². The predicted octanol–water partition coefficient (Wildman–Crippen LogP) is 5.69. The Balaban J connectivity index is 1.55. The van der Waals surface area contributed by atoms with Crippen molar-refractivity contribution in [3.8, 4) is 11.5 Å². The number of carbonyl (C=O) groups excluding carboxylic acids is 2. The maximum atomic E-state index is 12.7. The van der Waals surface area contributed by atoms with E-state index >= 15 is 0 Å². The highest BCUT2D eigenvalue weighted by Gasteiger charge is 2.61. The van der Waals surface area contributed by atoms with Gasteiger partial charge in [-0.25, -0.2) is 4.79 Å². The second kappa shape index (κ2) is 8.96. The summed E-state index contributed by atoms with van der Waals surface area (Å²) in [5.74, 6) is 0.423. The van der Waals surface area contributed by atoms with Crippen LogP contribution in [0.15, 0.2) is 66.7 Å². The average Bonchev–Trinajstić information content (AvgIpc) is 3.25. The van der Waals surface area contributed by atoms with Crippen molar-refractivity contribution in [1.82, 2.24) is 0 Å². The third-order valence-corrected chi connectivity index (χ3v) is 5.27. The van der Waals surface area contributed by atoms with Gasteiger partial charge in [-0.05, 0) is 61.9 Å². The molecule has 0 N–H and O–H groups in total.